The van der Waals surface area contributed by atoms with Gasteiger partial charge in [-0.15, -0.1) is 0 Å². The fourth-order valence-electron chi connectivity index (χ4n) is 2.56. The van der Waals surface area contributed by atoms with Gasteiger partial charge in [-0.1, -0.05) is 18.2 Å². The zero-order valence-corrected chi connectivity index (χ0v) is 10.4. The number of benzene rings is 1. The summed E-state index contributed by atoms with van der Waals surface area (Å²) in [6.07, 6.45) is 0.507. The number of rotatable bonds is 2. The smallest absolute Gasteiger partial charge is 0.227 e. The molecule has 0 radical (unpaired) electrons. The van der Waals surface area contributed by atoms with E-state index in [9.17, 15) is 4.79 Å². The Morgan fingerprint density at radius 1 is 1.22 bits per heavy atom. The van der Waals surface area contributed by atoms with Gasteiger partial charge in [-0.2, -0.15) is 0 Å². The lowest BCUT2D eigenvalue weighted by Gasteiger charge is -2.26. The second-order valence-corrected chi connectivity index (χ2v) is 4.88. The van der Waals surface area contributed by atoms with Crippen LogP contribution < -0.4 is 5.32 Å². The Kier molecular flexibility index (Phi) is 3.30. The number of nitrogens with zero attached hydrogens (tertiary/aromatic N) is 1. The molecule has 0 aromatic heterocycles. The van der Waals surface area contributed by atoms with Gasteiger partial charge in [-0.05, 0) is 16.7 Å². The lowest BCUT2D eigenvalue weighted by molar-refractivity contribution is -0.134. The maximum absolute atomic E-state index is 12.1. The number of hydrogen-bond acceptors (Lipinski definition) is 3. The van der Waals surface area contributed by atoms with Gasteiger partial charge in [-0.25, -0.2) is 0 Å². The van der Waals surface area contributed by atoms with E-state index in [4.69, 9.17) is 4.74 Å². The van der Waals surface area contributed by atoms with Gasteiger partial charge in [0.15, 0.2) is 0 Å². The van der Waals surface area contributed by atoms with Crippen LogP contribution in [0.4, 0.5) is 0 Å². The Bertz CT molecular complexity index is 453. The van der Waals surface area contributed by atoms with Gasteiger partial charge in [-0.3, -0.25) is 4.79 Å². The zero-order chi connectivity index (χ0) is 12.4. The lowest BCUT2D eigenvalue weighted by Crippen LogP contribution is -2.41. The molecule has 1 N–H and O–H groups in total. The molecule has 4 nitrogen and oxygen atoms in total. The summed E-state index contributed by atoms with van der Waals surface area (Å²) < 4.78 is 5.26. The summed E-state index contributed by atoms with van der Waals surface area (Å²) in [6, 6.07) is 6.37. The molecule has 0 spiro atoms. The molecule has 0 unspecified atom stereocenters. The summed E-state index contributed by atoms with van der Waals surface area (Å²) in [5, 5.41) is 3.32. The monoisotopic (exact) mass is 246 g/mol. The second kappa shape index (κ2) is 5.08. The molecule has 96 valence electrons. The van der Waals surface area contributed by atoms with Crippen LogP contribution in [-0.2, 0) is 29.0 Å². The van der Waals surface area contributed by atoms with Gasteiger partial charge >= 0.3 is 0 Å². The molecule has 2 aliphatic heterocycles. The summed E-state index contributed by atoms with van der Waals surface area (Å²) >= 11 is 0. The van der Waals surface area contributed by atoms with Crippen molar-refractivity contribution in [1.82, 2.24) is 10.2 Å². The van der Waals surface area contributed by atoms with Crippen molar-refractivity contribution in [2.75, 3.05) is 26.3 Å². The van der Waals surface area contributed by atoms with Crippen LogP contribution >= 0.6 is 0 Å². The van der Waals surface area contributed by atoms with Gasteiger partial charge in [0.05, 0.1) is 19.6 Å². The third-order valence-electron chi connectivity index (χ3n) is 3.62. The van der Waals surface area contributed by atoms with Gasteiger partial charge in [0, 0.05) is 26.2 Å². The first kappa shape index (κ1) is 11.7. The van der Waals surface area contributed by atoms with Gasteiger partial charge in [0.25, 0.3) is 0 Å². The minimum Gasteiger partial charge on any atom is -0.378 e. The Hall–Kier alpha value is -1.39. The van der Waals surface area contributed by atoms with Crippen molar-refractivity contribution in [2.45, 2.75) is 19.5 Å². The van der Waals surface area contributed by atoms with Crippen LogP contribution in [0.2, 0.25) is 0 Å². The molecule has 1 saturated heterocycles. The van der Waals surface area contributed by atoms with Crippen LogP contribution in [0, 0.1) is 0 Å². The molecule has 3 rings (SSSR count). The van der Waals surface area contributed by atoms with Gasteiger partial charge in [0.2, 0.25) is 5.91 Å². The summed E-state index contributed by atoms with van der Waals surface area (Å²) in [5.41, 5.74) is 3.81. The molecule has 1 aromatic carbocycles. The molecule has 2 aliphatic rings. The van der Waals surface area contributed by atoms with Crippen LogP contribution in [0.15, 0.2) is 18.2 Å². The van der Waals surface area contributed by atoms with Gasteiger partial charge in [0.1, 0.15) is 0 Å². The lowest BCUT2D eigenvalue weighted by atomic mass is 10.0. The fraction of sp³-hybridized carbons (Fsp3) is 0.500. The first-order valence-corrected chi connectivity index (χ1v) is 6.50. The number of ether oxygens (including phenoxy) is 1. The van der Waals surface area contributed by atoms with Crippen LogP contribution in [0.5, 0.6) is 0 Å². The largest absolute Gasteiger partial charge is 0.378 e. The van der Waals surface area contributed by atoms with E-state index in [1.54, 1.807) is 0 Å². The molecule has 1 fully saturated rings. The van der Waals surface area contributed by atoms with Crippen molar-refractivity contribution in [3.8, 4) is 0 Å². The number of amides is 1. The maximum Gasteiger partial charge on any atom is 0.227 e. The number of morpholine rings is 1. The third kappa shape index (κ3) is 2.40. The van der Waals surface area contributed by atoms with Crippen molar-refractivity contribution in [3.63, 3.8) is 0 Å². The van der Waals surface area contributed by atoms with E-state index < -0.39 is 0 Å². The molecule has 0 aliphatic carbocycles. The van der Waals surface area contributed by atoms with E-state index in [2.05, 4.69) is 23.5 Å². The highest BCUT2D eigenvalue weighted by atomic mass is 16.5. The van der Waals surface area contributed by atoms with E-state index in [-0.39, 0.29) is 5.91 Å². The summed E-state index contributed by atoms with van der Waals surface area (Å²) in [5.74, 6) is 0.212. The van der Waals surface area contributed by atoms with E-state index in [1.165, 1.54) is 11.1 Å². The average Bonchev–Trinajstić information content (AvgIpc) is 2.87. The van der Waals surface area contributed by atoms with E-state index in [0.717, 1.165) is 31.7 Å². The van der Waals surface area contributed by atoms with Crippen molar-refractivity contribution in [1.29, 1.82) is 0 Å². The van der Waals surface area contributed by atoms with Crippen molar-refractivity contribution < 1.29 is 9.53 Å². The topological polar surface area (TPSA) is 41.6 Å². The number of fused-ring (bicyclic) bond motifs is 1. The minimum absolute atomic E-state index is 0.212. The average molecular weight is 246 g/mol. The second-order valence-electron chi connectivity index (χ2n) is 4.88. The van der Waals surface area contributed by atoms with Crippen molar-refractivity contribution in [3.05, 3.63) is 34.9 Å². The van der Waals surface area contributed by atoms with Crippen molar-refractivity contribution in [2.24, 2.45) is 0 Å². The van der Waals surface area contributed by atoms with E-state index in [0.29, 0.717) is 19.6 Å². The highest BCUT2D eigenvalue weighted by Gasteiger charge is 2.18. The Morgan fingerprint density at radius 3 is 2.83 bits per heavy atom. The maximum atomic E-state index is 12.1. The summed E-state index contributed by atoms with van der Waals surface area (Å²) in [7, 11) is 0. The summed E-state index contributed by atoms with van der Waals surface area (Å²) in [6.45, 7) is 4.66. The van der Waals surface area contributed by atoms with E-state index >= 15 is 0 Å². The van der Waals surface area contributed by atoms with Crippen LogP contribution in [0.25, 0.3) is 0 Å². The molecule has 0 atom stereocenters. The van der Waals surface area contributed by atoms with Crippen LogP contribution in [0.3, 0.4) is 0 Å². The van der Waals surface area contributed by atoms with E-state index in [1.807, 2.05) is 4.90 Å². The Labute approximate surface area is 107 Å². The molecule has 1 aromatic rings. The quantitative estimate of drug-likeness (QED) is 0.835. The van der Waals surface area contributed by atoms with Crippen LogP contribution in [-0.4, -0.2) is 37.1 Å². The number of carbonyl (C=O) groups is 1. The molecular formula is C14H18N2O2. The highest BCUT2D eigenvalue weighted by Crippen LogP contribution is 2.17. The Balaban J connectivity index is 1.66. The first-order valence-electron chi connectivity index (χ1n) is 6.50. The number of hydrogen-bond donors (Lipinski definition) is 1. The Morgan fingerprint density at radius 2 is 2.00 bits per heavy atom. The van der Waals surface area contributed by atoms with Crippen molar-refractivity contribution >= 4 is 5.91 Å². The SMILES string of the molecule is O=C(Cc1ccc2c(c1)CNC2)N1CCOCC1. The number of carbonyl (C=O) groups excluding carboxylic acids is 1. The molecule has 0 saturated carbocycles. The fourth-order valence-corrected chi connectivity index (χ4v) is 2.56. The molecule has 1 amide bonds. The normalized spacial score (nSPS) is 18.8. The first-order chi connectivity index (χ1) is 8.83. The molecule has 2 heterocycles. The minimum atomic E-state index is 0.212. The van der Waals surface area contributed by atoms with Gasteiger partial charge < -0.3 is 15.0 Å². The molecular weight excluding hydrogens is 228 g/mol. The molecule has 4 heteroatoms. The predicted octanol–water partition coefficient (Wildman–Crippen LogP) is 0.691. The predicted molar refractivity (Wildman–Crippen MR) is 68.1 cm³/mol. The molecule has 18 heavy (non-hydrogen) atoms. The van der Waals surface area contributed by atoms with Crippen LogP contribution in [0.1, 0.15) is 16.7 Å². The third-order valence-corrected chi connectivity index (χ3v) is 3.62. The molecule has 0 bridgehead atoms. The summed E-state index contributed by atoms with van der Waals surface area (Å²) in [4.78, 5) is 14.0. The number of nitrogens with one attached hydrogen (secondary N) is 1. The standard InChI is InChI=1S/C14H18N2O2/c17-14(16-3-5-18-6-4-16)8-11-1-2-12-9-15-10-13(12)7-11/h1-2,7,15H,3-6,8-10H2. The zero-order valence-electron chi connectivity index (χ0n) is 10.4. The highest BCUT2D eigenvalue weighted by molar-refractivity contribution is 5.79.